The molecule has 0 amide bonds. The van der Waals surface area contributed by atoms with E-state index in [1.54, 1.807) is 0 Å². The lowest BCUT2D eigenvalue weighted by Crippen LogP contribution is -2.08. The summed E-state index contributed by atoms with van der Waals surface area (Å²) in [5, 5.41) is 12.0. The quantitative estimate of drug-likeness (QED) is 0.352. The van der Waals surface area contributed by atoms with E-state index in [0.29, 0.717) is 5.69 Å². The second-order valence-corrected chi connectivity index (χ2v) is 7.10. The van der Waals surface area contributed by atoms with Gasteiger partial charge in [0.25, 0.3) is 0 Å². The number of anilines is 1. The number of rotatable bonds is 6. The highest BCUT2D eigenvalue weighted by molar-refractivity contribution is 7.13. The van der Waals surface area contributed by atoms with Crippen LogP contribution in [0.2, 0.25) is 0 Å². The lowest BCUT2D eigenvalue weighted by Gasteiger charge is -2.11. The second-order valence-electron chi connectivity index (χ2n) is 6.24. The third-order valence-corrected chi connectivity index (χ3v) is 4.92. The number of thiazole rings is 1. The van der Waals surface area contributed by atoms with Crippen LogP contribution in [0, 0.1) is 11.3 Å². The van der Waals surface area contributed by atoms with E-state index in [2.05, 4.69) is 4.98 Å². The smallest absolute Gasteiger partial charge is 0.349 e. The number of nitrogens with zero attached hydrogens (tertiary/aromatic N) is 3. The van der Waals surface area contributed by atoms with Gasteiger partial charge in [-0.15, -0.1) is 11.3 Å². The van der Waals surface area contributed by atoms with Crippen LogP contribution in [0.4, 0.5) is 5.69 Å². The Balaban J connectivity index is 1.64. The molecule has 1 heterocycles. The van der Waals surface area contributed by atoms with Gasteiger partial charge in [-0.1, -0.05) is 42.5 Å². The molecule has 0 spiro atoms. The fourth-order valence-corrected chi connectivity index (χ4v) is 3.29. The zero-order valence-corrected chi connectivity index (χ0v) is 16.4. The van der Waals surface area contributed by atoms with Crippen molar-refractivity contribution in [1.82, 2.24) is 4.98 Å². The number of benzene rings is 2. The number of hydrogen-bond acceptors (Lipinski definition) is 6. The second kappa shape index (κ2) is 8.98. The molecule has 0 N–H and O–H groups in total. The predicted molar refractivity (Wildman–Crippen MR) is 112 cm³/mol. The SMILES string of the molecule is CN(C)c1ccc(/C=C(\C#N)C(=O)OCc2csc(-c3ccccc3)n2)cc1. The molecular weight excluding hydrogens is 370 g/mol. The molecule has 5 nitrogen and oxygen atoms in total. The normalized spacial score (nSPS) is 11.0. The molecular formula is C22H19N3O2S. The van der Waals surface area contributed by atoms with Gasteiger partial charge in [-0.05, 0) is 23.8 Å². The summed E-state index contributed by atoms with van der Waals surface area (Å²) in [5.74, 6) is -0.659. The van der Waals surface area contributed by atoms with Gasteiger partial charge in [0.1, 0.15) is 23.3 Å². The van der Waals surface area contributed by atoms with Gasteiger partial charge in [-0.25, -0.2) is 9.78 Å². The Bertz CT molecular complexity index is 1020. The van der Waals surface area contributed by atoms with E-state index >= 15 is 0 Å². The third-order valence-electron chi connectivity index (χ3n) is 3.98. The van der Waals surface area contributed by atoms with Crippen LogP contribution in [0.1, 0.15) is 11.3 Å². The molecule has 0 unspecified atom stereocenters. The molecule has 0 bridgehead atoms. The highest BCUT2D eigenvalue weighted by Crippen LogP contribution is 2.23. The Morgan fingerprint density at radius 1 is 1.18 bits per heavy atom. The van der Waals surface area contributed by atoms with E-state index < -0.39 is 5.97 Å². The van der Waals surface area contributed by atoms with Crippen LogP contribution in [0.5, 0.6) is 0 Å². The Morgan fingerprint density at radius 2 is 1.89 bits per heavy atom. The largest absolute Gasteiger partial charge is 0.455 e. The lowest BCUT2D eigenvalue weighted by molar-refractivity contribution is -0.139. The van der Waals surface area contributed by atoms with Crippen molar-refractivity contribution in [1.29, 1.82) is 5.26 Å². The van der Waals surface area contributed by atoms with Gasteiger partial charge in [0.05, 0.1) is 5.69 Å². The number of aromatic nitrogens is 1. The van der Waals surface area contributed by atoms with Gasteiger partial charge < -0.3 is 9.64 Å². The molecule has 28 heavy (non-hydrogen) atoms. The summed E-state index contributed by atoms with van der Waals surface area (Å²) in [7, 11) is 3.90. The molecule has 0 aliphatic rings. The summed E-state index contributed by atoms with van der Waals surface area (Å²) < 4.78 is 5.27. The first-order chi connectivity index (χ1) is 13.6. The minimum atomic E-state index is -0.659. The van der Waals surface area contributed by atoms with E-state index in [9.17, 15) is 10.1 Å². The molecule has 2 aromatic carbocycles. The first kappa shape index (κ1) is 19.3. The van der Waals surface area contributed by atoms with E-state index in [-0.39, 0.29) is 12.2 Å². The molecule has 6 heteroatoms. The van der Waals surface area contributed by atoms with Crippen molar-refractivity contribution in [2.24, 2.45) is 0 Å². The Labute approximate surface area is 168 Å². The average Bonchev–Trinajstić information content (AvgIpc) is 3.20. The monoisotopic (exact) mass is 389 g/mol. The fourth-order valence-electron chi connectivity index (χ4n) is 2.48. The van der Waals surface area contributed by atoms with E-state index in [1.807, 2.05) is 85.0 Å². The minimum absolute atomic E-state index is 0.0285. The van der Waals surface area contributed by atoms with E-state index in [0.717, 1.165) is 21.8 Å². The summed E-state index contributed by atoms with van der Waals surface area (Å²) in [6.45, 7) is 0.0285. The maximum Gasteiger partial charge on any atom is 0.349 e. The van der Waals surface area contributed by atoms with Crippen molar-refractivity contribution < 1.29 is 9.53 Å². The van der Waals surface area contributed by atoms with E-state index in [1.165, 1.54) is 17.4 Å². The van der Waals surface area contributed by atoms with Gasteiger partial charge in [0.15, 0.2) is 0 Å². The van der Waals surface area contributed by atoms with E-state index in [4.69, 9.17) is 4.74 Å². The zero-order valence-electron chi connectivity index (χ0n) is 15.6. The molecule has 0 saturated carbocycles. The minimum Gasteiger partial charge on any atom is -0.455 e. The van der Waals surface area contributed by atoms with Gasteiger partial charge >= 0.3 is 5.97 Å². The van der Waals surface area contributed by atoms with Crippen molar-refractivity contribution >= 4 is 29.1 Å². The molecule has 0 saturated heterocycles. The first-order valence-corrected chi connectivity index (χ1v) is 9.51. The van der Waals surface area contributed by atoms with Gasteiger partial charge in [-0.3, -0.25) is 0 Å². The summed E-state index contributed by atoms with van der Waals surface area (Å²) in [6, 6.07) is 19.3. The summed E-state index contributed by atoms with van der Waals surface area (Å²) >= 11 is 1.49. The van der Waals surface area contributed by atoms with Gasteiger partial charge in [0, 0.05) is 30.7 Å². The number of carbonyl (C=O) groups is 1. The lowest BCUT2D eigenvalue weighted by atomic mass is 10.1. The maximum atomic E-state index is 12.3. The molecule has 1 aromatic heterocycles. The summed E-state index contributed by atoms with van der Waals surface area (Å²) in [5.41, 5.74) is 3.43. The van der Waals surface area contributed by atoms with Gasteiger partial charge in [-0.2, -0.15) is 5.26 Å². The summed E-state index contributed by atoms with van der Waals surface area (Å²) in [6.07, 6.45) is 1.53. The van der Waals surface area contributed by atoms with Crippen LogP contribution in [-0.2, 0) is 16.1 Å². The maximum absolute atomic E-state index is 12.3. The predicted octanol–water partition coefficient (Wildman–Crippen LogP) is 4.53. The van der Waals surface area contributed by atoms with Crippen molar-refractivity contribution in [3.05, 3.63) is 76.8 Å². The topological polar surface area (TPSA) is 66.2 Å². The number of hydrogen-bond donors (Lipinski definition) is 0. The summed E-state index contributed by atoms with van der Waals surface area (Å²) in [4.78, 5) is 18.7. The Hall–Kier alpha value is -3.43. The van der Waals surface area contributed by atoms with Gasteiger partial charge in [0.2, 0.25) is 0 Å². The Morgan fingerprint density at radius 3 is 2.54 bits per heavy atom. The number of carbonyl (C=O) groups excluding carboxylic acids is 1. The highest BCUT2D eigenvalue weighted by Gasteiger charge is 2.13. The number of ether oxygens (including phenoxy) is 1. The molecule has 0 aliphatic carbocycles. The average molecular weight is 389 g/mol. The third kappa shape index (κ3) is 4.84. The van der Waals surface area contributed by atoms with Crippen LogP contribution in [0.3, 0.4) is 0 Å². The molecule has 140 valence electrons. The first-order valence-electron chi connectivity index (χ1n) is 8.63. The molecule has 0 aliphatic heterocycles. The zero-order chi connectivity index (χ0) is 19.9. The van der Waals surface area contributed by atoms with Crippen molar-refractivity contribution in [2.75, 3.05) is 19.0 Å². The van der Waals surface area contributed by atoms with Crippen LogP contribution in [0.15, 0.2) is 65.6 Å². The van der Waals surface area contributed by atoms with Crippen LogP contribution in [0.25, 0.3) is 16.6 Å². The number of nitriles is 1. The van der Waals surface area contributed by atoms with Crippen molar-refractivity contribution in [3.8, 4) is 16.6 Å². The van der Waals surface area contributed by atoms with Crippen LogP contribution >= 0.6 is 11.3 Å². The number of esters is 1. The van der Waals surface area contributed by atoms with Crippen molar-refractivity contribution in [2.45, 2.75) is 6.61 Å². The molecule has 3 rings (SSSR count). The molecule has 0 fully saturated rings. The molecule has 0 radical (unpaired) electrons. The fraction of sp³-hybridized carbons (Fsp3) is 0.136. The van der Waals surface area contributed by atoms with Crippen LogP contribution < -0.4 is 4.90 Å². The molecule has 3 aromatic rings. The standard InChI is InChI=1S/C22H19N3O2S/c1-25(2)20-10-8-16(9-11-20)12-18(13-23)22(26)27-14-19-15-28-21(24-19)17-6-4-3-5-7-17/h3-12,15H,14H2,1-2H3/b18-12+. The Kier molecular flexibility index (Phi) is 6.20. The highest BCUT2D eigenvalue weighted by atomic mass is 32.1. The van der Waals surface area contributed by atoms with Crippen LogP contribution in [-0.4, -0.2) is 25.0 Å². The van der Waals surface area contributed by atoms with Crippen molar-refractivity contribution in [3.63, 3.8) is 0 Å². The molecule has 0 atom stereocenters.